The van der Waals surface area contributed by atoms with E-state index in [0.29, 0.717) is 6.42 Å². The number of benzene rings is 2. The Bertz CT molecular complexity index is 753. The number of methoxy groups -OCH3 is 1. The van der Waals surface area contributed by atoms with Crippen LogP contribution in [0.4, 0.5) is 0 Å². The third-order valence-corrected chi connectivity index (χ3v) is 5.49. The van der Waals surface area contributed by atoms with Gasteiger partial charge in [-0.2, -0.15) is 0 Å². The summed E-state index contributed by atoms with van der Waals surface area (Å²) in [6.45, 7) is 6.31. The number of carbonyl (C=O) groups is 1. The number of ether oxygens (including phenoxy) is 1. The summed E-state index contributed by atoms with van der Waals surface area (Å²) in [7, 11) is 1.32. The van der Waals surface area contributed by atoms with Crippen LogP contribution in [-0.2, 0) is 9.53 Å². The molecule has 0 amide bonds. The Morgan fingerprint density at radius 1 is 1.12 bits per heavy atom. The van der Waals surface area contributed by atoms with E-state index in [0.717, 1.165) is 16.7 Å². The Kier molecular flexibility index (Phi) is 4.78. The molecular weight excluding hydrogens is 312 g/mol. The fraction of sp³-hybridized carbons (Fsp3) is 0.318. The Morgan fingerprint density at radius 3 is 2.24 bits per heavy atom. The molecule has 3 nitrogen and oxygen atoms in total. The summed E-state index contributed by atoms with van der Waals surface area (Å²) in [4.78, 5) is 12.5. The zero-order valence-corrected chi connectivity index (χ0v) is 14.7. The van der Waals surface area contributed by atoms with Crippen LogP contribution in [0.15, 0.2) is 67.2 Å². The van der Waals surface area contributed by atoms with E-state index in [1.165, 1.54) is 7.11 Å². The average molecular weight is 336 g/mol. The zero-order chi connectivity index (χ0) is 18.0. The molecule has 1 aliphatic carbocycles. The molecule has 0 radical (unpaired) electrons. The van der Waals surface area contributed by atoms with Gasteiger partial charge in [-0.25, -0.2) is 4.79 Å². The van der Waals surface area contributed by atoms with Crippen molar-refractivity contribution in [3.63, 3.8) is 0 Å². The highest BCUT2D eigenvalue weighted by atomic mass is 16.5. The second kappa shape index (κ2) is 6.85. The molecule has 2 aromatic carbocycles. The molecule has 25 heavy (non-hydrogen) atoms. The van der Waals surface area contributed by atoms with Gasteiger partial charge in [0.25, 0.3) is 0 Å². The summed E-state index contributed by atoms with van der Waals surface area (Å²) in [5, 5.41) is 11.3. The molecule has 1 N–H and O–H groups in total. The molecule has 0 aromatic heterocycles. The van der Waals surface area contributed by atoms with E-state index < -0.39 is 17.5 Å². The first-order valence-electron chi connectivity index (χ1n) is 8.59. The van der Waals surface area contributed by atoms with Gasteiger partial charge in [-0.1, -0.05) is 74.2 Å². The maximum absolute atomic E-state index is 12.5. The fourth-order valence-electron chi connectivity index (χ4n) is 4.26. The first-order chi connectivity index (χ1) is 12.0. The molecule has 130 valence electrons. The van der Waals surface area contributed by atoms with Crippen molar-refractivity contribution in [2.24, 2.45) is 11.8 Å². The van der Waals surface area contributed by atoms with Crippen molar-refractivity contribution in [1.29, 1.82) is 0 Å². The van der Waals surface area contributed by atoms with E-state index in [9.17, 15) is 9.90 Å². The van der Waals surface area contributed by atoms with Crippen LogP contribution in [0.2, 0.25) is 0 Å². The van der Waals surface area contributed by atoms with Gasteiger partial charge in [-0.3, -0.25) is 0 Å². The molecular formula is C22H24O3. The highest BCUT2D eigenvalue weighted by molar-refractivity contribution is 5.85. The van der Waals surface area contributed by atoms with E-state index in [1.54, 1.807) is 0 Å². The van der Waals surface area contributed by atoms with Crippen molar-refractivity contribution in [3.05, 3.63) is 78.4 Å². The second-order valence-electron chi connectivity index (χ2n) is 6.87. The maximum Gasteiger partial charge on any atom is 0.338 e. The number of esters is 1. The summed E-state index contributed by atoms with van der Waals surface area (Å²) in [5.41, 5.74) is 1.28. The van der Waals surface area contributed by atoms with Crippen LogP contribution in [0.5, 0.6) is 0 Å². The Morgan fingerprint density at radius 2 is 1.68 bits per heavy atom. The molecule has 4 atom stereocenters. The smallest absolute Gasteiger partial charge is 0.338 e. The number of hydrogen-bond acceptors (Lipinski definition) is 3. The minimum absolute atomic E-state index is 0.0548. The van der Waals surface area contributed by atoms with E-state index in [4.69, 9.17) is 4.74 Å². The predicted octanol–water partition coefficient (Wildman–Crippen LogP) is 4.04. The molecule has 3 rings (SSSR count). The molecule has 2 aromatic rings. The van der Waals surface area contributed by atoms with Gasteiger partial charge in [-0.15, -0.1) is 0 Å². The molecule has 0 spiro atoms. The fourth-order valence-corrected chi connectivity index (χ4v) is 4.26. The van der Waals surface area contributed by atoms with Gasteiger partial charge in [0.05, 0.1) is 7.11 Å². The molecule has 0 unspecified atom stereocenters. The van der Waals surface area contributed by atoms with Crippen LogP contribution >= 0.6 is 0 Å². The van der Waals surface area contributed by atoms with Crippen LogP contribution in [0.3, 0.4) is 0 Å². The number of carbonyl (C=O) groups excluding carboxylic acids is 1. The van der Waals surface area contributed by atoms with Crippen molar-refractivity contribution >= 4 is 11.5 Å². The molecule has 1 saturated carbocycles. The molecule has 1 fully saturated rings. The normalized spacial score (nSPS) is 28.5. The number of rotatable bonds is 4. The minimum Gasteiger partial charge on any atom is -0.467 e. The van der Waals surface area contributed by atoms with Gasteiger partial charge in [0.1, 0.15) is 0 Å². The van der Waals surface area contributed by atoms with Gasteiger partial charge in [0.2, 0.25) is 0 Å². The Hall–Kier alpha value is -2.39. The van der Waals surface area contributed by atoms with Crippen molar-refractivity contribution in [2.45, 2.75) is 24.9 Å². The Balaban J connectivity index is 2.03. The van der Waals surface area contributed by atoms with E-state index >= 15 is 0 Å². The lowest BCUT2D eigenvalue weighted by Crippen LogP contribution is -2.44. The highest BCUT2D eigenvalue weighted by Gasteiger charge is 2.57. The van der Waals surface area contributed by atoms with Crippen molar-refractivity contribution in [1.82, 2.24) is 0 Å². The molecule has 1 aliphatic rings. The van der Waals surface area contributed by atoms with Crippen LogP contribution in [0.1, 0.15) is 30.4 Å². The highest BCUT2D eigenvalue weighted by Crippen LogP contribution is 2.54. The topological polar surface area (TPSA) is 46.5 Å². The zero-order valence-electron chi connectivity index (χ0n) is 14.7. The van der Waals surface area contributed by atoms with E-state index in [-0.39, 0.29) is 11.8 Å². The standard InChI is InChI=1S/C22H24O3/c1-15(17-10-6-4-7-11-17)20-16(2)19(18-12-8-5-9-13-18)14-22(20,24)21(23)25-3/h4-13,16,19-20,24H,1,14H2,2-3H3/t16-,19+,20+,22-/m1/s1. The van der Waals surface area contributed by atoms with Crippen LogP contribution < -0.4 is 0 Å². The summed E-state index contributed by atoms with van der Waals surface area (Å²) >= 11 is 0. The van der Waals surface area contributed by atoms with E-state index in [2.05, 4.69) is 13.5 Å². The second-order valence-corrected chi connectivity index (χ2v) is 6.87. The first kappa shape index (κ1) is 17.4. The van der Waals surface area contributed by atoms with Gasteiger partial charge in [0, 0.05) is 5.92 Å². The van der Waals surface area contributed by atoms with Gasteiger partial charge in [0.15, 0.2) is 5.60 Å². The summed E-state index contributed by atoms with van der Waals surface area (Å²) < 4.78 is 4.96. The third kappa shape index (κ3) is 3.00. The largest absolute Gasteiger partial charge is 0.467 e. The van der Waals surface area contributed by atoms with Gasteiger partial charge in [-0.05, 0) is 35.0 Å². The predicted molar refractivity (Wildman–Crippen MR) is 98.9 cm³/mol. The minimum atomic E-state index is -1.57. The third-order valence-electron chi connectivity index (χ3n) is 5.49. The summed E-state index contributed by atoms with van der Waals surface area (Å²) in [6, 6.07) is 19.8. The quantitative estimate of drug-likeness (QED) is 0.857. The van der Waals surface area contributed by atoms with Crippen molar-refractivity contribution < 1.29 is 14.6 Å². The lowest BCUT2D eigenvalue weighted by atomic mass is 9.77. The first-order valence-corrected chi connectivity index (χ1v) is 8.59. The Labute approximate surface area is 149 Å². The lowest BCUT2D eigenvalue weighted by molar-refractivity contribution is -0.164. The SMILES string of the molecule is C=C(c1ccccc1)[C@H]1[C@H](C)[C@@H](c2ccccc2)C[C@]1(O)C(=O)OC. The lowest BCUT2D eigenvalue weighted by Gasteiger charge is -2.31. The van der Waals surface area contributed by atoms with Crippen molar-refractivity contribution in [3.8, 4) is 0 Å². The van der Waals surface area contributed by atoms with Crippen LogP contribution in [0.25, 0.3) is 5.57 Å². The number of hydrogen-bond donors (Lipinski definition) is 1. The average Bonchev–Trinajstić information content (AvgIpc) is 2.94. The number of aliphatic hydroxyl groups is 1. The van der Waals surface area contributed by atoms with Crippen LogP contribution in [-0.4, -0.2) is 23.8 Å². The molecule has 3 heteroatoms. The van der Waals surface area contributed by atoms with Gasteiger partial charge < -0.3 is 9.84 Å². The van der Waals surface area contributed by atoms with Gasteiger partial charge >= 0.3 is 5.97 Å². The van der Waals surface area contributed by atoms with E-state index in [1.807, 2.05) is 60.7 Å². The monoisotopic (exact) mass is 336 g/mol. The molecule has 0 bridgehead atoms. The molecule has 0 aliphatic heterocycles. The summed E-state index contributed by atoms with van der Waals surface area (Å²) in [5.74, 6) is -0.859. The maximum atomic E-state index is 12.5. The van der Waals surface area contributed by atoms with Crippen LogP contribution in [0, 0.1) is 11.8 Å². The molecule has 0 saturated heterocycles. The molecule has 0 heterocycles. The summed E-state index contributed by atoms with van der Waals surface area (Å²) in [6.07, 6.45) is 0.335. The van der Waals surface area contributed by atoms with Crippen molar-refractivity contribution in [2.75, 3.05) is 7.11 Å².